The van der Waals surface area contributed by atoms with Gasteiger partial charge in [0.1, 0.15) is 12.9 Å². The number of aliphatic hydroxyl groups excluding tert-OH is 2. The van der Waals surface area contributed by atoms with Crippen LogP contribution in [0, 0.1) is 0 Å². The molecule has 6 nitrogen and oxygen atoms in total. The Labute approximate surface area is 101 Å². The quantitative estimate of drug-likeness (QED) is 0.389. The van der Waals surface area contributed by atoms with Crippen LogP contribution in [0.5, 0.6) is 0 Å². The van der Waals surface area contributed by atoms with Gasteiger partial charge in [-0.25, -0.2) is 0 Å². The van der Waals surface area contributed by atoms with Crippen molar-refractivity contribution < 1.29 is 24.5 Å². The number of hydrogen-bond acceptors (Lipinski definition) is 5. The van der Waals surface area contributed by atoms with Gasteiger partial charge in [0.15, 0.2) is 0 Å². The van der Waals surface area contributed by atoms with E-state index in [0.29, 0.717) is 25.7 Å². The highest BCUT2D eigenvalue weighted by Gasteiger charge is 2.19. The number of carbonyl (C=O) groups excluding carboxylic acids is 2. The summed E-state index contributed by atoms with van der Waals surface area (Å²) in [5.74, 6) is -0.281. The maximum atomic E-state index is 11.7. The SMILES string of the molecule is CC(CCO)N(CC=O)C(=O)COCCCO. The molecule has 2 N–H and O–H groups in total. The molecule has 0 rings (SSSR count). The first-order valence-corrected chi connectivity index (χ1v) is 5.70. The van der Waals surface area contributed by atoms with Gasteiger partial charge in [0.25, 0.3) is 0 Å². The predicted octanol–water partition coefficient (Wildman–Crippen LogP) is -0.816. The van der Waals surface area contributed by atoms with Gasteiger partial charge >= 0.3 is 0 Å². The second kappa shape index (κ2) is 10.2. The monoisotopic (exact) mass is 247 g/mol. The van der Waals surface area contributed by atoms with Crippen LogP contribution in [0.4, 0.5) is 0 Å². The number of aldehydes is 1. The van der Waals surface area contributed by atoms with Gasteiger partial charge in [0, 0.05) is 25.9 Å². The molecule has 0 fully saturated rings. The fraction of sp³-hybridized carbons (Fsp3) is 0.818. The summed E-state index contributed by atoms with van der Waals surface area (Å²) in [4.78, 5) is 23.6. The molecule has 1 unspecified atom stereocenters. The summed E-state index contributed by atoms with van der Waals surface area (Å²) < 4.78 is 5.06. The first kappa shape index (κ1) is 16.0. The minimum absolute atomic E-state index is 0.00333. The molecule has 100 valence electrons. The number of rotatable bonds is 10. The zero-order chi connectivity index (χ0) is 13.1. The molecule has 1 atom stereocenters. The fourth-order valence-corrected chi connectivity index (χ4v) is 1.36. The topological polar surface area (TPSA) is 87.1 Å². The van der Waals surface area contributed by atoms with Gasteiger partial charge in [-0.15, -0.1) is 0 Å². The first-order valence-electron chi connectivity index (χ1n) is 5.70. The number of amides is 1. The van der Waals surface area contributed by atoms with Crippen molar-refractivity contribution in [2.24, 2.45) is 0 Å². The van der Waals surface area contributed by atoms with Crippen molar-refractivity contribution in [2.75, 3.05) is 33.0 Å². The average Bonchev–Trinajstić information content (AvgIpc) is 2.31. The Morgan fingerprint density at radius 1 is 1.41 bits per heavy atom. The molecule has 0 aliphatic carbocycles. The molecule has 0 radical (unpaired) electrons. The lowest BCUT2D eigenvalue weighted by Gasteiger charge is -2.26. The van der Waals surface area contributed by atoms with E-state index in [1.54, 1.807) is 6.92 Å². The zero-order valence-electron chi connectivity index (χ0n) is 10.2. The third-order valence-electron chi connectivity index (χ3n) is 2.34. The van der Waals surface area contributed by atoms with Crippen LogP contribution in [0.3, 0.4) is 0 Å². The molecule has 0 saturated carbocycles. The minimum atomic E-state index is -0.281. The molecule has 0 bridgehead atoms. The van der Waals surface area contributed by atoms with Crippen LogP contribution >= 0.6 is 0 Å². The van der Waals surface area contributed by atoms with Gasteiger partial charge < -0.3 is 24.6 Å². The van der Waals surface area contributed by atoms with Gasteiger partial charge in [0.05, 0.1) is 6.54 Å². The van der Waals surface area contributed by atoms with Crippen molar-refractivity contribution in [2.45, 2.75) is 25.8 Å². The first-order chi connectivity index (χ1) is 8.17. The molecule has 0 heterocycles. The van der Waals surface area contributed by atoms with Crippen LogP contribution in [0.25, 0.3) is 0 Å². The largest absolute Gasteiger partial charge is 0.396 e. The second-order valence-corrected chi connectivity index (χ2v) is 3.70. The number of aliphatic hydroxyl groups is 2. The highest BCUT2D eigenvalue weighted by atomic mass is 16.5. The van der Waals surface area contributed by atoms with Crippen LogP contribution in [0.15, 0.2) is 0 Å². The van der Waals surface area contributed by atoms with E-state index in [1.807, 2.05) is 0 Å². The molecule has 0 aliphatic rings. The van der Waals surface area contributed by atoms with E-state index in [4.69, 9.17) is 14.9 Å². The highest BCUT2D eigenvalue weighted by Crippen LogP contribution is 2.03. The fourth-order valence-electron chi connectivity index (χ4n) is 1.36. The summed E-state index contributed by atoms with van der Waals surface area (Å²) in [5.41, 5.74) is 0. The van der Waals surface area contributed by atoms with Crippen molar-refractivity contribution in [1.82, 2.24) is 4.90 Å². The van der Waals surface area contributed by atoms with E-state index < -0.39 is 0 Å². The Bertz CT molecular complexity index is 222. The third-order valence-corrected chi connectivity index (χ3v) is 2.34. The molecule has 0 saturated heterocycles. The Kier molecular flexibility index (Phi) is 9.60. The summed E-state index contributed by atoms with van der Waals surface area (Å²) in [7, 11) is 0. The summed E-state index contributed by atoms with van der Waals surface area (Å²) in [6, 6.07) is -0.195. The molecule has 0 spiro atoms. The summed E-state index contributed by atoms with van der Waals surface area (Å²) in [5, 5.41) is 17.3. The number of hydrogen-bond donors (Lipinski definition) is 2. The lowest BCUT2D eigenvalue weighted by Crippen LogP contribution is -2.42. The van der Waals surface area contributed by atoms with Crippen LogP contribution in [-0.2, 0) is 14.3 Å². The maximum absolute atomic E-state index is 11.7. The number of carbonyl (C=O) groups is 2. The van der Waals surface area contributed by atoms with Crippen LogP contribution in [0.1, 0.15) is 19.8 Å². The predicted molar refractivity (Wildman–Crippen MR) is 61.5 cm³/mol. The molecule has 17 heavy (non-hydrogen) atoms. The molecule has 0 aliphatic heterocycles. The number of ether oxygens (including phenoxy) is 1. The van der Waals surface area contributed by atoms with E-state index in [0.717, 1.165) is 0 Å². The summed E-state index contributed by atoms with van der Waals surface area (Å²) >= 11 is 0. The van der Waals surface area contributed by atoms with E-state index in [1.165, 1.54) is 4.90 Å². The third kappa shape index (κ3) is 7.04. The van der Waals surface area contributed by atoms with Crippen LogP contribution < -0.4 is 0 Å². The Balaban J connectivity index is 4.09. The molecule has 0 aromatic heterocycles. The van der Waals surface area contributed by atoms with Gasteiger partial charge in [-0.2, -0.15) is 0 Å². The normalized spacial score (nSPS) is 12.2. The van der Waals surface area contributed by atoms with Crippen molar-refractivity contribution in [3.63, 3.8) is 0 Å². The van der Waals surface area contributed by atoms with Crippen molar-refractivity contribution in [3.05, 3.63) is 0 Å². The van der Waals surface area contributed by atoms with Crippen molar-refractivity contribution in [1.29, 1.82) is 0 Å². The van der Waals surface area contributed by atoms with Crippen molar-refractivity contribution in [3.8, 4) is 0 Å². The Morgan fingerprint density at radius 3 is 2.65 bits per heavy atom. The second-order valence-electron chi connectivity index (χ2n) is 3.70. The summed E-state index contributed by atoms with van der Waals surface area (Å²) in [6.45, 7) is 1.96. The van der Waals surface area contributed by atoms with E-state index >= 15 is 0 Å². The minimum Gasteiger partial charge on any atom is -0.396 e. The average molecular weight is 247 g/mol. The lowest BCUT2D eigenvalue weighted by molar-refractivity contribution is -0.140. The molecule has 1 amide bonds. The lowest BCUT2D eigenvalue weighted by atomic mass is 10.2. The summed E-state index contributed by atoms with van der Waals surface area (Å²) in [6.07, 6.45) is 1.56. The van der Waals surface area contributed by atoms with Gasteiger partial charge in [0.2, 0.25) is 5.91 Å². The standard InChI is InChI=1S/C11H21NO5/c1-10(3-6-14)12(4-7-15)11(16)9-17-8-2-5-13/h7,10,13-14H,2-6,8-9H2,1H3. The molecular formula is C11H21NO5. The van der Waals surface area contributed by atoms with E-state index in [9.17, 15) is 9.59 Å². The van der Waals surface area contributed by atoms with E-state index in [-0.39, 0.29) is 38.3 Å². The van der Waals surface area contributed by atoms with Crippen molar-refractivity contribution >= 4 is 12.2 Å². The molecule has 0 aromatic carbocycles. The maximum Gasteiger partial charge on any atom is 0.249 e. The van der Waals surface area contributed by atoms with Gasteiger partial charge in [-0.3, -0.25) is 4.79 Å². The molecular weight excluding hydrogens is 226 g/mol. The Hall–Kier alpha value is -0.980. The van der Waals surface area contributed by atoms with Crippen LogP contribution in [0.2, 0.25) is 0 Å². The van der Waals surface area contributed by atoms with Gasteiger partial charge in [-0.05, 0) is 19.8 Å². The highest BCUT2D eigenvalue weighted by molar-refractivity contribution is 5.80. The Morgan fingerprint density at radius 2 is 2.12 bits per heavy atom. The molecule has 0 aromatic rings. The van der Waals surface area contributed by atoms with Gasteiger partial charge in [-0.1, -0.05) is 0 Å². The zero-order valence-corrected chi connectivity index (χ0v) is 10.2. The number of nitrogens with zero attached hydrogens (tertiary/aromatic N) is 1. The van der Waals surface area contributed by atoms with Crippen LogP contribution in [-0.4, -0.2) is 66.3 Å². The van der Waals surface area contributed by atoms with E-state index in [2.05, 4.69) is 0 Å². The molecule has 6 heteroatoms. The smallest absolute Gasteiger partial charge is 0.249 e.